The fourth-order valence-corrected chi connectivity index (χ4v) is 2.81. The van der Waals surface area contributed by atoms with Crippen LogP contribution in [0.15, 0.2) is 41.7 Å². The minimum atomic E-state index is -0.485. The second-order valence-corrected chi connectivity index (χ2v) is 4.96. The van der Waals surface area contributed by atoms with E-state index in [2.05, 4.69) is 17.1 Å². The van der Waals surface area contributed by atoms with Gasteiger partial charge in [0.05, 0.1) is 18.1 Å². The Bertz CT molecular complexity index is 479. The van der Waals surface area contributed by atoms with Gasteiger partial charge in [-0.3, -0.25) is 0 Å². The molecule has 1 aromatic heterocycles. The van der Waals surface area contributed by atoms with Crippen molar-refractivity contribution in [3.8, 4) is 0 Å². The van der Waals surface area contributed by atoms with Gasteiger partial charge in [0.1, 0.15) is 5.03 Å². The molecule has 1 N–H and O–H groups in total. The van der Waals surface area contributed by atoms with E-state index in [0.29, 0.717) is 0 Å². The maximum atomic E-state index is 9.70. The number of hydrogen-bond acceptors (Lipinski definition) is 3. The number of imidazole rings is 1. The topological polar surface area (TPSA) is 38.1 Å². The van der Waals surface area contributed by atoms with Crippen LogP contribution in [-0.2, 0) is 12.8 Å². The van der Waals surface area contributed by atoms with Gasteiger partial charge in [-0.1, -0.05) is 42.1 Å². The van der Waals surface area contributed by atoms with Crippen molar-refractivity contribution in [2.75, 3.05) is 0 Å². The summed E-state index contributed by atoms with van der Waals surface area (Å²) in [6.45, 7) is 1.77. The SMILES string of the molecule is CC(O)c1c(SCc2ccccc2)ncn1C. The number of hydrogen-bond donors (Lipinski definition) is 1. The molecule has 1 atom stereocenters. The molecule has 0 saturated carbocycles. The lowest BCUT2D eigenvalue weighted by Gasteiger charge is -2.08. The van der Waals surface area contributed by atoms with Gasteiger partial charge in [0.2, 0.25) is 0 Å². The fraction of sp³-hybridized carbons (Fsp3) is 0.308. The summed E-state index contributed by atoms with van der Waals surface area (Å²) in [7, 11) is 1.90. The van der Waals surface area contributed by atoms with E-state index in [1.807, 2.05) is 29.8 Å². The van der Waals surface area contributed by atoms with Crippen molar-refractivity contribution in [3.05, 3.63) is 47.9 Å². The molecule has 0 aliphatic heterocycles. The highest BCUT2D eigenvalue weighted by molar-refractivity contribution is 7.98. The van der Waals surface area contributed by atoms with Gasteiger partial charge in [-0.05, 0) is 12.5 Å². The Morgan fingerprint density at radius 3 is 2.71 bits per heavy atom. The lowest BCUT2D eigenvalue weighted by atomic mass is 10.2. The summed E-state index contributed by atoms with van der Waals surface area (Å²) in [5.41, 5.74) is 2.14. The molecule has 4 heteroatoms. The maximum Gasteiger partial charge on any atom is 0.120 e. The Morgan fingerprint density at radius 1 is 1.35 bits per heavy atom. The third-order valence-corrected chi connectivity index (χ3v) is 3.63. The molecular weight excluding hydrogens is 232 g/mol. The number of aliphatic hydroxyl groups excluding tert-OH is 1. The highest BCUT2D eigenvalue weighted by Gasteiger charge is 2.13. The summed E-state index contributed by atoms with van der Waals surface area (Å²) < 4.78 is 1.87. The Labute approximate surface area is 106 Å². The van der Waals surface area contributed by atoms with Crippen LogP contribution in [0.2, 0.25) is 0 Å². The molecule has 1 unspecified atom stereocenters. The van der Waals surface area contributed by atoms with Gasteiger partial charge < -0.3 is 9.67 Å². The van der Waals surface area contributed by atoms with Crippen molar-refractivity contribution in [3.63, 3.8) is 0 Å². The van der Waals surface area contributed by atoms with Crippen molar-refractivity contribution in [1.29, 1.82) is 0 Å². The average molecular weight is 248 g/mol. The number of aromatic nitrogens is 2. The van der Waals surface area contributed by atoms with Crippen LogP contribution in [0, 0.1) is 0 Å². The second kappa shape index (κ2) is 5.38. The largest absolute Gasteiger partial charge is 0.387 e. The van der Waals surface area contributed by atoms with Crippen LogP contribution in [0.4, 0.5) is 0 Å². The molecule has 1 heterocycles. The molecule has 1 aromatic carbocycles. The zero-order chi connectivity index (χ0) is 12.3. The number of benzene rings is 1. The molecule has 0 bridgehead atoms. The Hall–Kier alpha value is -1.26. The smallest absolute Gasteiger partial charge is 0.120 e. The van der Waals surface area contributed by atoms with Gasteiger partial charge in [0, 0.05) is 12.8 Å². The van der Waals surface area contributed by atoms with E-state index in [9.17, 15) is 5.11 Å². The summed E-state index contributed by atoms with van der Waals surface area (Å²) >= 11 is 1.66. The molecule has 90 valence electrons. The molecule has 0 spiro atoms. The molecule has 3 nitrogen and oxygen atoms in total. The fourth-order valence-electron chi connectivity index (χ4n) is 1.73. The first-order chi connectivity index (χ1) is 8.18. The summed E-state index contributed by atoms with van der Waals surface area (Å²) in [6.07, 6.45) is 1.26. The minimum Gasteiger partial charge on any atom is -0.387 e. The highest BCUT2D eigenvalue weighted by Crippen LogP contribution is 2.28. The number of rotatable bonds is 4. The maximum absolute atomic E-state index is 9.70. The van der Waals surface area contributed by atoms with Gasteiger partial charge in [0.25, 0.3) is 0 Å². The lowest BCUT2D eigenvalue weighted by Crippen LogP contribution is -2.00. The van der Waals surface area contributed by atoms with Crippen LogP contribution in [0.3, 0.4) is 0 Å². The van der Waals surface area contributed by atoms with Crippen molar-refractivity contribution in [2.24, 2.45) is 7.05 Å². The summed E-state index contributed by atoms with van der Waals surface area (Å²) in [6, 6.07) is 10.3. The van der Waals surface area contributed by atoms with Crippen LogP contribution in [-0.4, -0.2) is 14.7 Å². The van der Waals surface area contributed by atoms with Crippen molar-refractivity contribution >= 4 is 11.8 Å². The second-order valence-electron chi connectivity index (χ2n) is 4.00. The number of aryl methyl sites for hydroxylation is 1. The van der Waals surface area contributed by atoms with Crippen LogP contribution in [0.25, 0.3) is 0 Å². The molecule has 2 rings (SSSR count). The van der Waals surface area contributed by atoms with Gasteiger partial charge in [-0.2, -0.15) is 0 Å². The van der Waals surface area contributed by atoms with E-state index in [1.165, 1.54) is 5.56 Å². The van der Waals surface area contributed by atoms with Crippen molar-refractivity contribution < 1.29 is 5.11 Å². The van der Waals surface area contributed by atoms with Crippen LogP contribution in [0.1, 0.15) is 24.3 Å². The molecule has 0 saturated heterocycles. The first-order valence-electron chi connectivity index (χ1n) is 5.54. The van der Waals surface area contributed by atoms with Gasteiger partial charge in [-0.25, -0.2) is 4.98 Å². The number of thioether (sulfide) groups is 1. The van der Waals surface area contributed by atoms with Crippen molar-refractivity contribution in [1.82, 2.24) is 9.55 Å². The predicted octanol–water partition coefficient (Wildman–Crippen LogP) is 2.77. The number of aliphatic hydroxyl groups is 1. The molecule has 0 fully saturated rings. The molecule has 0 radical (unpaired) electrons. The molecular formula is C13H16N2OS. The van der Waals surface area contributed by atoms with Gasteiger partial charge >= 0.3 is 0 Å². The van der Waals surface area contributed by atoms with E-state index in [1.54, 1.807) is 25.0 Å². The van der Waals surface area contributed by atoms with Crippen molar-refractivity contribution in [2.45, 2.75) is 23.8 Å². The Kier molecular flexibility index (Phi) is 3.86. The van der Waals surface area contributed by atoms with Crippen LogP contribution in [0.5, 0.6) is 0 Å². The van der Waals surface area contributed by atoms with E-state index in [4.69, 9.17) is 0 Å². The van der Waals surface area contributed by atoms with E-state index in [-0.39, 0.29) is 0 Å². The minimum absolute atomic E-state index is 0.485. The molecule has 0 aliphatic carbocycles. The van der Waals surface area contributed by atoms with E-state index >= 15 is 0 Å². The first-order valence-corrected chi connectivity index (χ1v) is 6.53. The Balaban J connectivity index is 2.09. The predicted molar refractivity (Wildman–Crippen MR) is 69.8 cm³/mol. The highest BCUT2D eigenvalue weighted by atomic mass is 32.2. The summed E-state index contributed by atoms with van der Waals surface area (Å²) in [5.74, 6) is 0.873. The zero-order valence-electron chi connectivity index (χ0n) is 10.00. The van der Waals surface area contributed by atoms with E-state index < -0.39 is 6.10 Å². The summed E-state index contributed by atoms with van der Waals surface area (Å²) in [4.78, 5) is 4.32. The standard InChI is InChI=1S/C13H16N2OS/c1-10(16)12-13(14-9-15(12)2)17-8-11-6-4-3-5-7-11/h3-7,9-10,16H,8H2,1-2H3. The van der Waals surface area contributed by atoms with Gasteiger partial charge in [0.15, 0.2) is 0 Å². The molecule has 2 aromatic rings. The quantitative estimate of drug-likeness (QED) is 0.845. The average Bonchev–Trinajstić information content (AvgIpc) is 2.69. The van der Waals surface area contributed by atoms with Crippen LogP contribution < -0.4 is 0 Å². The number of nitrogens with zero attached hydrogens (tertiary/aromatic N) is 2. The normalized spacial score (nSPS) is 12.6. The van der Waals surface area contributed by atoms with Gasteiger partial charge in [-0.15, -0.1) is 0 Å². The van der Waals surface area contributed by atoms with Crippen LogP contribution >= 0.6 is 11.8 Å². The third-order valence-electron chi connectivity index (χ3n) is 2.56. The first kappa shape index (κ1) is 12.2. The summed E-state index contributed by atoms with van der Waals surface area (Å²) in [5, 5.41) is 10.6. The molecule has 0 amide bonds. The molecule has 0 aliphatic rings. The van der Waals surface area contributed by atoms with E-state index in [0.717, 1.165) is 16.5 Å². The third kappa shape index (κ3) is 2.90. The molecule has 17 heavy (non-hydrogen) atoms. The Morgan fingerprint density at radius 2 is 2.06 bits per heavy atom. The monoisotopic (exact) mass is 248 g/mol. The zero-order valence-corrected chi connectivity index (χ0v) is 10.8. The lowest BCUT2D eigenvalue weighted by molar-refractivity contribution is 0.187.